The fourth-order valence-corrected chi connectivity index (χ4v) is 1.90. The molecule has 1 N–H and O–H groups in total. The molecule has 0 fully saturated rings. The van der Waals surface area contributed by atoms with Crippen LogP contribution in [0.2, 0.25) is 0 Å². The number of aryl methyl sites for hydroxylation is 2. The number of rotatable bonds is 2. The Balaban J connectivity index is 0.000000270. The molecule has 0 saturated heterocycles. The first-order valence-corrected chi connectivity index (χ1v) is 7.09. The minimum atomic E-state index is -0.990. The minimum Gasteiger partial charge on any atom is -0.477 e. The number of carbonyl (C=O) groups is 1. The van der Waals surface area contributed by atoms with Crippen molar-refractivity contribution in [3.63, 3.8) is 0 Å². The van der Waals surface area contributed by atoms with Gasteiger partial charge in [-0.2, -0.15) is 0 Å². The third-order valence-electron chi connectivity index (χ3n) is 2.98. The molecule has 0 aliphatic rings. The third-order valence-corrected chi connectivity index (χ3v) is 2.98. The molecule has 0 unspecified atom stereocenters. The zero-order valence-electron chi connectivity index (χ0n) is 13.5. The summed E-state index contributed by atoms with van der Waals surface area (Å²) in [5.74, 6) is -1.29. The van der Waals surface area contributed by atoms with Gasteiger partial charge in [-0.05, 0) is 26.0 Å². The van der Waals surface area contributed by atoms with Crippen molar-refractivity contribution in [2.45, 2.75) is 13.8 Å². The molecule has 25 heavy (non-hydrogen) atoms. The summed E-state index contributed by atoms with van der Waals surface area (Å²) in [6.45, 7) is 3.77. The monoisotopic (exact) mass is 517 g/mol. The molecule has 0 aliphatic carbocycles. The zero-order valence-corrected chi connectivity index (χ0v) is 15.9. The molecule has 5 nitrogen and oxygen atoms in total. The van der Waals surface area contributed by atoms with Crippen LogP contribution in [0.25, 0.3) is 11.3 Å². The molecule has 1 radical (unpaired) electrons. The Bertz CT molecular complexity index is 827. The Kier molecular flexibility index (Phi) is 7.98. The maximum atomic E-state index is 12.7. The van der Waals surface area contributed by atoms with Crippen LogP contribution in [0.5, 0.6) is 0 Å². The number of halogens is 1. The first-order valence-electron chi connectivity index (χ1n) is 7.09. The zero-order chi connectivity index (χ0) is 17.5. The molecule has 0 spiro atoms. The molecule has 0 bridgehead atoms. The first kappa shape index (κ1) is 20.5. The molecule has 0 atom stereocenters. The van der Waals surface area contributed by atoms with Gasteiger partial charge in [-0.15, -0.1) is 29.8 Å². The summed E-state index contributed by atoms with van der Waals surface area (Å²) in [7, 11) is 0. The number of aromatic nitrogens is 3. The molecule has 1 aromatic carbocycles. The van der Waals surface area contributed by atoms with Crippen LogP contribution in [0.15, 0.2) is 48.8 Å². The largest absolute Gasteiger partial charge is 0.477 e. The minimum absolute atomic E-state index is 0. The molecule has 131 valence electrons. The Morgan fingerprint density at radius 3 is 2.40 bits per heavy atom. The quantitative estimate of drug-likeness (QED) is 0.528. The third kappa shape index (κ3) is 6.14. The van der Waals surface area contributed by atoms with Gasteiger partial charge in [0.15, 0.2) is 0 Å². The van der Waals surface area contributed by atoms with Gasteiger partial charge in [0.2, 0.25) is 0 Å². The standard InChI is InChI=1S/C12H10FN2.C6H5NO2.Ir/c1-8-7-14-12(9(2)15-8)10-3-5-11(13)6-4-10;8-6(9)5-3-1-2-4-7-5;/h3,5-7H,1-2H3;1-4H,(H,8,9);/q-1;;. The Hall–Kier alpha value is -2.50. The fourth-order valence-electron chi connectivity index (χ4n) is 1.90. The van der Waals surface area contributed by atoms with E-state index in [1.54, 1.807) is 24.4 Å². The van der Waals surface area contributed by atoms with Gasteiger partial charge in [-0.25, -0.2) is 9.78 Å². The van der Waals surface area contributed by atoms with Gasteiger partial charge in [0.1, 0.15) is 5.69 Å². The molecule has 2 heterocycles. The number of benzene rings is 1. The summed E-state index contributed by atoms with van der Waals surface area (Å²) in [6, 6.07) is 11.9. The van der Waals surface area contributed by atoms with Gasteiger partial charge in [0, 0.05) is 49.7 Å². The average molecular weight is 517 g/mol. The van der Waals surface area contributed by atoms with Gasteiger partial charge < -0.3 is 10.1 Å². The van der Waals surface area contributed by atoms with Gasteiger partial charge in [0.05, 0.1) is 5.69 Å². The van der Waals surface area contributed by atoms with Crippen molar-refractivity contribution in [3.8, 4) is 11.3 Å². The van der Waals surface area contributed by atoms with E-state index in [2.05, 4.69) is 21.0 Å². The Morgan fingerprint density at radius 2 is 1.92 bits per heavy atom. The number of carboxylic acids is 1. The van der Waals surface area contributed by atoms with Crippen LogP contribution >= 0.6 is 0 Å². The van der Waals surface area contributed by atoms with Gasteiger partial charge in [-0.3, -0.25) is 9.37 Å². The molecule has 0 aliphatic heterocycles. The number of hydrogen-bond acceptors (Lipinski definition) is 4. The molecule has 0 amide bonds. The SMILES string of the molecule is Cc1cnc(-c2[c-]cc(F)cc2)c(C)n1.O=C(O)c1ccccn1.[Ir]. The Morgan fingerprint density at radius 1 is 1.16 bits per heavy atom. The molecule has 3 rings (SSSR count). The second kappa shape index (κ2) is 9.71. The number of nitrogens with zero attached hydrogens (tertiary/aromatic N) is 3. The van der Waals surface area contributed by atoms with Crippen molar-refractivity contribution in [1.29, 1.82) is 0 Å². The smallest absolute Gasteiger partial charge is 0.354 e. The van der Waals surface area contributed by atoms with Crippen LogP contribution in [-0.2, 0) is 20.1 Å². The Labute approximate surface area is 158 Å². The summed E-state index contributed by atoms with van der Waals surface area (Å²) in [6.07, 6.45) is 3.14. The van der Waals surface area contributed by atoms with Crippen molar-refractivity contribution in [2.75, 3.05) is 0 Å². The number of carboxylic acid groups (broad SMARTS) is 1. The summed E-state index contributed by atoms with van der Waals surface area (Å²) in [5, 5.41) is 8.32. The van der Waals surface area contributed by atoms with Crippen molar-refractivity contribution < 1.29 is 34.4 Å². The van der Waals surface area contributed by atoms with Crippen molar-refractivity contribution in [3.05, 3.63) is 77.8 Å². The van der Waals surface area contributed by atoms with E-state index >= 15 is 0 Å². The van der Waals surface area contributed by atoms with E-state index in [0.29, 0.717) is 0 Å². The average Bonchev–Trinajstić information content (AvgIpc) is 2.57. The predicted octanol–water partition coefficient (Wildman–Crippen LogP) is 3.48. The summed E-state index contributed by atoms with van der Waals surface area (Å²) >= 11 is 0. The molecule has 7 heteroatoms. The van der Waals surface area contributed by atoms with Gasteiger partial charge in [0.25, 0.3) is 0 Å². The van der Waals surface area contributed by atoms with Crippen LogP contribution in [0.1, 0.15) is 21.9 Å². The first-order chi connectivity index (χ1) is 11.5. The van der Waals surface area contributed by atoms with E-state index in [4.69, 9.17) is 5.11 Å². The van der Waals surface area contributed by atoms with E-state index < -0.39 is 5.97 Å². The van der Waals surface area contributed by atoms with Crippen LogP contribution in [-0.4, -0.2) is 26.0 Å². The topological polar surface area (TPSA) is 76.0 Å². The predicted molar refractivity (Wildman–Crippen MR) is 86.9 cm³/mol. The van der Waals surface area contributed by atoms with Crippen LogP contribution in [0, 0.1) is 25.7 Å². The van der Waals surface area contributed by atoms with Crippen molar-refractivity contribution in [2.24, 2.45) is 0 Å². The molecule has 3 aromatic rings. The summed E-state index contributed by atoms with van der Waals surface area (Å²) in [4.78, 5) is 22.3. The molecular formula is C18H15FIrN3O2-. The van der Waals surface area contributed by atoms with E-state index in [0.717, 1.165) is 22.6 Å². The van der Waals surface area contributed by atoms with E-state index in [9.17, 15) is 9.18 Å². The molecule has 2 aromatic heterocycles. The fraction of sp³-hybridized carbons (Fsp3) is 0.111. The van der Waals surface area contributed by atoms with Crippen molar-refractivity contribution in [1.82, 2.24) is 15.0 Å². The number of pyridine rings is 1. The van der Waals surface area contributed by atoms with E-state index in [1.165, 1.54) is 24.4 Å². The summed E-state index contributed by atoms with van der Waals surface area (Å²) < 4.78 is 12.7. The van der Waals surface area contributed by atoms with Crippen LogP contribution in [0.3, 0.4) is 0 Å². The second-order valence-electron chi connectivity index (χ2n) is 4.89. The maximum absolute atomic E-state index is 12.7. The second-order valence-corrected chi connectivity index (χ2v) is 4.89. The van der Waals surface area contributed by atoms with Crippen molar-refractivity contribution >= 4 is 5.97 Å². The van der Waals surface area contributed by atoms with Crippen LogP contribution in [0.4, 0.5) is 4.39 Å². The number of aromatic carboxylic acids is 1. The van der Waals surface area contributed by atoms with E-state index in [1.807, 2.05) is 13.8 Å². The van der Waals surface area contributed by atoms with Gasteiger partial charge in [-0.1, -0.05) is 6.07 Å². The molecular weight excluding hydrogens is 501 g/mol. The maximum Gasteiger partial charge on any atom is 0.354 e. The normalized spacial score (nSPS) is 9.40. The van der Waals surface area contributed by atoms with E-state index in [-0.39, 0.29) is 31.6 Å². The van der Waals surface area contributed by atoms with Crippen LogP contribution < -0.4 is 0 Å². The number of hydrogen-bond donors (Lipinski definition) is 1. The van der Waals surface area contributed by atoms with Gasteiger partial charge >= 0.3 is 5.97 Å². The molecule has 0 saturated carbocycles. The summed E-state index contributed by atoms with van der Waals surface area (Å²) in [5.41, 5.74) is 3.30.